The zero-order chi connectivity index (χ0) is 16.9. The maximum Gasteiger partial charge on any atom is 0.257 e. The van der Waals surface area contributed by atoms with Crippen LogP contribution in [0.25, 0.3) is 11.1 Å². The average molecular weight is 341 g/mol. The first-order valence-corrected chi connectivity index (χ1v) is 8.92. The van der Waals surface area contributed by atoms with Crippen LogP contribution in [0.15, 0.2) is 41.1 Å². The van der Waals surface area contributed by atoms with E-state index in [-0.39, 0.29) is 5.91 Å². The monoisotopic (exact) mass is 341 g/mol. The molecule has 3 rings (SSSR count). The first-order valence-electron chi connectivity index (χ1n) is 7.77. The Morgan fingerprint density at radius 1 is 1.25 bits per heavy atom. The summed E-state index contributed by atoms with van der Waals surface area (Å²) in [5.41, 5.74) is 4.29. The maximum atomic E-state index is 12.2. The molecule has 24 heavy (non-hydrogen) atoms. The number of aryl methyl sites for hydroxylation is 2. The van der Waals surface area contributed by atoms with Crippen molar-refractivity contribution < 1.29 is 9.32 Å². The number of pyridine rings is 1. The van der Waals surface area contributed by atoms with Crippen molar-refractivity contribution in [3.8, 4) is 0 Å². The van der Waals surface area contributed by atoms with E-state index in [1.54, 1.807) is 17.8 Å². The molecule has 5 nitrogen and oxygen atoms in total. The van der Waals surface area contributed by atoms with Gasteiger partial charge in [0.2, 0.25) is 0 Å². The number of carbonyl (C=O) groups is 1. The van der Waals surface area contributed by atoms with Crippen LogP contribution in [0.3, 0.4) is 0 Å². The van der Waals surface area contributed by atoms with E-state index < -0.39 is 0 Å². The third-order valence-electron chi connectivity index (χ3n) is 3.69. The highest BCUT2D eigenvalue weighted by Gasteiger charge is 2.11. The Balaban J connectivity index is 1.46. The highest BCUT2D eigenvalue weighted by atomic mass is 32.2. The van der Waals surface area contributed by atoms with Gasteiger partial charge in [-0.2, -0.15) is 11.8 Å². The maximum absolute atomic E-state index is 12.2. The van der Waals surface area contributed by atoms with Crippen LogP contribution in [-0.2, 0) is 5.75 Å². The topological polar surface area (TPSA) is 68.0 Å². The van der Waals surface area contributed by atoms with E-state index in [1.165, 1.54) is 17.3 Å². The molecule has 1 aromatic carbocycles. The second-order valence-corrected chi connectivity index (χ2v) is 6.74. The number of amides is 1. The highest BCUT2D eigenvalue weighted by Crippen LogP contribution is 2.17. The third-order valence-corrected chi connectivity index (χ3v) is 4.72. The molecule has 2 aromatic heterocycles. The number of aromatic nitrogens is 2. The number of carbonyl (C=O) groups excluding carboxylic acids is 1. The molecule has 6 heteroatoms. The molecule has 0 aliphatic carbocycles. The van der Waals surface area contributed by atoms with Crippen LogP contribution < -0.4 is 5.32 Å². The van der Waals surface area contributed by atoms with E-state index in [9.17, 15) is 4.79 Å². The molecule has 0 saturated heterocycles. The van der Waals surface area contributed by atoms with Gasteiger partial charge >= 0.3 is 0 Å². The first-order chi connectivity index (χ1) is 11.6. The van der Waals surface area contributed by atoms with E-state index in [0.717, 1.165) is 22.6 Å². The van der Waals surface area contributed by atoms with Crippen molar-refractivity contribution in [2.45, 2.75) is 19.6 Å². The molecule has 0 aliphatic heterocycles. The van der Waals surface area contributed by atoms with Crippen LogP contribution in [0.2, 0.25) is 0 Å². The number of benzene rings is 1. The van der Waals surface area contributed by atoms with Crippen molar-refractivity contribution in [3.05, 3.63) is 58.9 Å². The second kappa shape index (κ2) is 7.49. The fourth-order valence-corrected chi connectivity index (χ4v) is 3.10. The smallest absolute Gasteiger partial charge is 0.257 e. The molecule has 1 amide bonds. The van der Waals surface area contributed by atoms with Crippen LogP contribution in [0, 0.1) is 13.8 Å². The summed E-state index contributed by atoms with van der Waals surface area (Å²) in [5, 5.41) is 7.54. The second-order valence-electron chi connectivity index (χ2n) is 5.64. The van der Waals surface area contributed by atoms with Gasteiger partial charge in [-0.3, -0.25) is 4.79 Å². The minimum atomic E-state index is -0.124. The van der Waals surface area contributed by atoms with E-state index in [1.807, 2.05) is 6.92 Å². The summed E-state index contributed by atoms with van der Waals surface area (Å²) in [6.07, 6.45) is 1.52. The van der Waals surface area contributed by atoms with Gasteiger partial charge in [0.05, 0.1) is 16.6 Å². The van der Waals surface area contributed by atoms with Crippen molar-refractivity contribution in [3.63, 3.8) is 0 Å². The number of hydrogen-bond donors (Lipinski definition) is 1. The predicted octanol–water partition coefficient (Wildman–Crippen LogP) is 3.50. The fourth-order valence-electron chi connectivity index (χ4n) is 2.28. The normalized spacial score (nSPS) is 10.9. The Kier molecular flexibility index (Phi) is 5.15. The van der Waals surface area contributed by atoms with Crippen molar-refractivity contribution >= 4 is 28.8 Å². The Bertz CT molecular complexity index is 843. The van der Waals surface area contributed by atoms with Crippen molar-refractivity contribution in [1.82, 2.24) is 15.5 Å². The Morgan fingerprint density at radius 2 is 2.04 bits per heavy atom. The lowest BCUT2D eigenvalue weighted by Crippen LogP contribution is -2.25. The quantitative estimate of drug-likeness (QED) is 0.695. The summed E-state index contributed by atoms with van der Waals surface area (Å²) in [4.78, 5) is 16.3. The van der Waals surface area contributed by atoms with Gasteiger partial charge in [-0.05, 0) is 25.5 Å². The Morgan fingerprint density at radius 3 is 2.83 bits per heavy atom. The molecule has 1 N–H and O–H groups in total. The largest absolute Gasteiger partial charge is 0.351 e. The molecule has 3 aromatic rings. The molecule has 0 bridgehead atoms. The molecule has 0 radical (unpaired) electrons. The molecule has 0 spiro atoms. The molecular weight excluding hydrogens is 322 g/mol. The fraction of sp³-hybridized carbons (Fsp3) is 0.278. The molecule has 0 saturated carbocycles. The first kappa shape index (κ1) is 16.5. The third kappa shape index (κ3) is 3.94. The van der Waals surface area contributed by atoms with E-state index in [2.05, 4.69) is 46.6 Å². The summed E-state index contributed by atoms with van der Waals surface area (Å²) in [6, 6.07) is 10.3. The van der Waals surface area contributed by atoms with Gasteiger partial charge < -0.3 is 9.84 Å². The molecule has 2 heterocycles. The molecule has 124 valence electrons. The highest BCUT2D eigenvalue weighted by molar-refractivity contribution is 7.98. The number of nitrogens with one attached hydrogen (secondary N) is 1. The molecule has 0 atom stereocenters. The van der Waals surface area contributed by atoms with Gasteiger partial charge in [0.15, 0.2) is 0 Å². The van der Waals surface area contributed by atoms with E-state index in [0.29, 0.717) is 17.8 Å². The summed E-state index contributed by atoms with van der Waals surface area (Å²) in [6.45, 7) is 4.53. The zero-order valence-corrected chi connectivity index (χ0v) is 14.5. The van der Waals surface area contributed by atoms with Gasteiger partial charge in [0, 0.05) is 24.2 Å². The lowest BCUT2D eigenvalue weighted by Gasteiger charge is -2.05. The summed E-state index contributed by atoms with van der Waals surface area (Å²) < 4.78 is 5.05. The predicted molar refractivity (Wildman–Crippen MR) is 96.2 cm³/mol. The number of rotatable bonds is 6. The van der Waals surface area contributed by atoms with Gasteiger partial charge in [0.25, 0.3) is 11.6 Å². The zero-order valence-electron chi connectivity index (χ0n) is 13.7. The number of hydrogen-bond acceptors (Lipinski definition) is 5. The average Bonchev–Trinajstić information content (AvgIpc) is 2.97. The minimum absolute atomic E-state index is 0.124. The Labute approximate surface area is 144 Å². The van der Waals surface area contributed by atoms with Crippen molar-refractivity contribution in [1.29, 1.82) is 0 Å². The summed E-state index contributed by atoms with van der Waals surface area (Å²) >= 11 is 1.80. The van der Waals surface area contributed by atoms with Gasteiger partial charge in [-0.15, -0.1) is 0 Å². The van der Waals surface area contributed by atoms with Gasteiger partial charge in [-0.25, -0.2) is 4.98 Å². The van der Waals surface area contributed by atoms with Crippen LogP contribution >= 0.6 is 11.8 Å². The van der Waals surface area contributed by atoms with Crippen LogP contribution in [0.4, 0.5) is 0 Å². The standard InChI is InChI=1S/C18H19N3O2S/c1-12-3-5-14(6-4-12)11-24-8-7-19-17(22)15-9-16-13(2)21-23-18(16)20-10-15/h3-6,9-10H,7-8,11H2,1-2H3,(H,19,22). The van der Waals surface area contributed by atoms with Gasteiger partial charge in [0.1, 0.15) is 0 Å². The molecule has 0 fully saturated rings. The SMILES string of the molecule is Cc1ccc(CSCCNC(=O)c2cnc3onc(C)c3c2)cc1. The van der Waals surface area contributed by atoms with E-state index in [4.69, 9.17) is 4.52 Å². The van der Waals surface area contributed by atoms with Crippen molar-refractivity contribution in [2.24, 2.45) is 0 Å². The number of fused-ring (bicyclic) bond motifs is 1. The van der Waals surface area contributed by atoms with Gasteiger partial charge in [-0.1, -0.05) is 35.0 Å². The summed E-state index contributed by atoms with van der Waals surface area (Å²) in [7, 11) is 0. The van der Waals surface area contributed by atoms with Crippen molar-refractivity contribution in [2.75, 3.05) is 12.3 Å². The summed E-state index contributed by atoms with van der Waals surface area (Å²) in [5.74, 6) is 1.69. The number of nitrogens with zero attached hydrogens (tertiary/aromatic N) is 2. The molecule has 0 aliphatic rings. The van der Waals surface area contributed by atoms with E-state index >= 15 is 0 Å². The van der Waals surface area contributed by atoms with Crippen LogP contribution in [0.5, 0.6) is 0 Å². The lowest BCUT2D eigenvalue weighted by atomic mass is 10.2. The van der Waals surface area contributed by atoms with Crippen LogP contribution in [-0.4, -0.2) is 28.3 Å². The Hall–Kier alpha value is -2.34. The minimum Gasteiger partial charge on any atom is -0.351 e. The molecular formula is C18H19N3O2S. The lowest BCUT2D eigenvalue weighted by molar-refractivity contribution is 0.0956. The van der Waals surface area contributed by atoms with Crippen LogP contribution in [0.1, 0.15) is 27.2 Å². The number of thioether (sulfide) groups is 1. The molecule has 0 unspecified atom stereocenters.